The maximum atomic E-state index is 12.2. The van der Waals surface area contributed by atoms with Crippen LogP contribution in [0.15, 0.2) is 42.5 Å². The van der Waals surface area contributed by atoms with Crippen LogP contribution in [0.4, 0.5) is 11.4 Å². The van der Waals surface area contributed by atoms with Gasteiger partial charge in [0.1, 0.15) is 0 Å². The highest BCUT2D eigenvalue weighted by Gasteiger charge is 2.20. The molecule has 6 heteroatoms. The number of aryl methyl sites for hydroxylation is 1. The van der Waals surface area contributed by atoms with Crippen molar-refractivity contribution in [3.05, 3.63) is 63.6 Å². The molecule has 0 radical (unpaired) electrons. The van der Waals surface area contributed by atoms with Crippen molar-refractivity contribution in [1.29, 1.82) is 0 Å². The molecule has 3 rings (SSSR count). The standard InChI is InChI=1S/C20H18Cl2N2O2/c1-13(25)24-10-2-3-15-12-16(6-8-19(15)24)23-20(26)9-5-14-4-7-17(21)18(22)11-14/h4-9,11-12H,2-3,10H2,1H3,(H,23,26)/b9-5-. The first-order valence-electron chi connectivity index (χ1n) is 8.29. The normalized spacial score (nSPS) is 13.6. The SMILES string of the molecule is CC(=O)N1CCCc2cc(NC(=O)/C=C\c3ccc(Cl)c(Cl)c3)ccc21. The second kappa shape index (κ2) is 7.94. The Morgan fingerprint density at radius 1 is 1.12 bits per heavy atom. The van der Waals surface area contributed by atoms with Crippen LogP contribution in [-0.2, 0) is 16.0 Å². The maximum absolute atomic E-state index is 12.2. The van der Waals surface area contributed by atoms with Crippen molar-refractivity contribution < 1.29 is 9.59 Å². The number of hydrogen-bond donors (Lipinski definition) is 1. The Morgan fingerprint density at radius 3 is 2.65 bits per heavy atom. The largest absolute Gasteiger partial charge is 0.323 e. The van der Waals surface area contributed by atoms with Crippen molar-refractivity contribution in [2.45, 2.75) is 19.8 Å². The van der Waals surface area contributed by atoms with E-state index < -0.39 is 0 Å². The van der Waals surface area contributed by atoms with Crippen LogP contribution in [-0.4, -0.2) is 18.4 Å². The monoisotopic (exact) mass is 388 g/mol. The van der Waals surface area contributed by atoms with E-state index in [4.69, 9.17) is 23.2 Å². The molecule has 0 bridgehead atoms. The molecule has 1 N–H and O–H groups in total. The van der Waals surface area contributed by atoms with Crippen LogP contribution in [0.3, 0.4) is 0 Å². The summed E-state index contributed by atoms with van der Waals surface area (Å²) in [6.45, 7) is 2.30. The van der Waals surface area contributed by atoms with Crippen LogP contribution >= 0.6 is 23.2 Å². The lowest BCUT2D eigenvalue weighted by atomic mass is 10.0. The Kier molecular flexibility index (Phi) is 5.64. The molecule has 0 unspecified atom stereocenters. The smallest absolute Gasteiger partial charge is 0.248 e. The summed E-state index contributed by atoms with van der Waals surface area (Å²) >= 11 is 11.8. The quantitative estimate of drug-likeness (QED) is 0.756. The topological polar surface area (TPSA) is 49.4 Å². The number of rotatable bonds is 3. The molecule has 0 saturated carbocycles. The second-order valence-electron chi connectivity index (χ2n) is 6.11. The van der Waals surface area contributed by atoms with Crippen molar-refractivity contribution >= 4 is 52.5 Å². The fourth-order valence-electron chi connectivity index (χ4n) is 2.97. The Bertz CT molecular complexity index is 893. The third-order valence-corrected chi connectivity index (χ3v) is 4.96. The van der Waals surface area contributed by atoms with Gasteiger partial charge in [0.05, 0.1) is 10.0 Å². The summed E-state index contributed by atoms with van der Waals surface area (Å²) in [6.07, 6.45) is 4.93. The van der Waals surface area contributed by atoms with Crippen molar-refractivity contribution in [3.8, 4) is 0 Å². The van der Waals surface area contributed by atoms with Gasteiger partial charge in [0.15, 0.2) is 0 Å². The van der Waals surface area contributed by atoms with Gasteiger partial charge in [-0.2, -0.15) is 0 Å². The molecule has 2 aromatic carbocycles. The van der Waals surface area contributed by atoms with Crippen LogP contribution < -0.4 is 10.2 Å². The number of anilines is 2. The molecule has 0 aliphatic carbocycles. The molecule has 0 aromatic heterocycles. The molecular formula is C20H18Cl2N2O2. The Hall–Kier alpha value is -2.30. The molecule has 0 saturated heterocycles. The molecule has 1 aliphatic rings. The molecular weight excluding hydrogens is 371 g/mol. The van der Waals surface area contributed by atoms with Crippen molar-refractivity contribution in [2.24, 2.45) is 0 Å². The highest BCUT2D eigenvalue weighted by atomic mass is 35.5. The number of amides is 2. The fraction of sp³-hybridized carbons (Fsp3) is 0.200. The van der Waals surface area contributed by atoms with E-state index in [2.05, 4.69) is 5.32 Å². The molecule has 4 nitrogen and oxygen atoms in total. The highest BCUT2D eigenvalue weighted by Crippen LogP contribution is 2.30. The molecule has 1 aliphatic heterocycles. The van der Waals surface area contributed by atoms with Gasteiger partial charge in [-0.3, -0.25) is 9.59 Å². The van der Waals surface area contributed by atoms with Crippen molar-refractivity contribution in [3.63, 3.8) is 0 Å². The van der Waals surface area contributed by atoms with Gasteiger partial charge < -0.3 is 10.2 Å². The Labute approximate surface area is 162 Å². The maximum Gasteiger partial charge on any atom is 0.248 e. The lowest BCUT2D eigenvalue weighted by molar-refractivity contribution is -0.116. The van der Waals surface area contributed by atoms with Gasteiger partial charge in [-0.1, -0.05) is 29.3 Å². The van der Waals surface area contributed by atoms with E-state index in [9.17, 15) is 9.59 Å². The van der Waals surface area contributed by atoms with E-state index in [0.29, 0.717) is 15.7 Å². The van der Waals surface area contributed by atoms with Crippen molar-refractivity contribution in [1.82, 2.24) is 0 Å². The minimum atomic E-state index is -0.241. The summed E-state index contributed by atoms with van der Waals surface area (Å²) in [4.78, 5) is 25.6. The Balaban J connectivity index is 1.70. The molecule has 2 amide bonds. The second-order valence-corrected chi connectivity index (χ2v) is 6.93. The van der Waals surface area contributed by atoms with Crippen LogP contribution in [0.25, 0.3) is 6.08 Å². The number of carbonyl (C=O) groups is 2. The van der Waals surface area contributed by atoms with E-state index in [-0.39, 0.29) is 11.8 Å². The summed E-state index contributed by atoms with van der Waals surface area (Å²) in [5, 5.41) is 3.76. The van der Waals surface area contributed by atoms with Gasteiger partial charge in [0.2, 0.25) is 11.8 Å². The van der Waals surface area contributed by atoms with Crippen molar-refractivity contribution in [2.75, 3.05) is 16.8 Å². The third kappa shape index (κ3) is 4.26. The minimum absolute atomic E-state index is 0.0345. The molecule has 0 spiro atoms. The Morgan fingerprint density at radius 2 is 1.92 bits per heavy atom. The number of carbonyl (C=O) groups excluding carboxylic acids is 2. The first kappa shape index (κ1) is 18.5. The van der Waals surface area contributed by atoms with Gasteiger partial charge in [-0.15, -0.1) is 0 Å². The zero-order chi connectivity index (χ0) is 18.7. The van der Waals surface area contributed by atoms with Gasteiger partial charge in [-0.25, -0.2) is 0 Å². The first-order valence-corrected chi connectivity index (χ1v) is 9.05. The fourth-order valence-corrected chi connectivity index (χ4v) is 3.28. The molecule has 134 valence electrons. The summed E-state index contributed by atoms with van der Waals surface area (Å²) in [5.74, 6) is -0.206. The number of fused-ring (bicyclic) bond motifs is 1. The van der Waals surface area contributed by atoms with E-state index in [1.54, 1.807) is 36.1 Å². The summed E-state index contributed by atoms with van der Waals surface area (Å²) in [7, 11) is 0. The number of hydrogen-bond acceptors (Lipinski definition) is 2. The third-order valence-electron chi connectivity index (χ3n) is 4.22. The summed E-state index contributed by atoms with van der Waals surface area (Å²) in [6, 6.07) is 10.8. The first-order chi connectivity index (χ1) is 12.4. The van der Waals surface area contributed by atoms with E-state index in [0.717, 1.165) is 36.2 Å². The minimum Gasteiger partial charge on any atom is -0.323 e. The van der Waals surface area contributed by atoms with E-state index >= 15 is 0 Å². The number of halogens is 2. The zero-order valence-corrected chi connectivity index (χ0v) is 15.8. The molecule has 1 heterocycles. The van der Waals surface area contributed by atoms with Gasteiger partial charge in [0, 0.05) is 30.9 Å². The molecule has 2 aromatic rings. The van der Waals surface area contributed by atoms with Gasteiger partial charge >= 0.3 is 0 Å². The summed E-state index contributed by atoms with van der Waals surface area (Å²) in [5.41, 5.74) is 3.49. The highest BCUT2D eigenvalue weighted by molar-refractivity contribution is 6.42. The average molecular weight is 389 g/mol. The van der Waals surface area contributed by atoms with Gasteiger partial charge in [-0.05, 0) is 60.4 Å². The van der Waals surface area contributed by atoms with E-state index in [1.165, 1.54) is 6.08 Å². The number of nitrogens with one attached hydrogen (secondary N) is 1. The van der Waals surface area contributed by atoms with Crippen LogP contribution in [0.5, 0.6) is 0 Å². The number of nitrogens with zero attached hydrogens (tertiary/aromatic N) is 1. The number of benzene rings is 2. The zero-order valence-electron chi connectivity index (χ0n) is 14.3. The van der Waals surface area contributed by atoms with Crippen LogP contribution in [0.2, 0.25) is 10.0 Å². The molecule has 26 heavy (non-hydrogen) atoms. The predicted octanol–water partition coefficient (Wildman–Crippen LogP) is 4.94. The molecule has 0 fully saturated rings. The molecule has 0 atom stereocenters. The lowest BCUT2D eigenvalue weighted by Gasteiger charge is -2.28. The predicted molar refractivity (Wildman–Crippen MR) is 107 cm³/mol. The summed E-state index contributed by atoms with van der Waals surface area (Å²) < 4.78 is 0. The lowest BCUT2D eigenvalue weighted by Crippen LogP contribution is -2.33. The average Bonchev–Trinajstić information content (AvgIpc) is 2.62. The van der Waals surface area contributed by atoms with Crippen LogP contribution in [0, 0.1) is 0 Å². The van der Waals surface area contributed by atoms with Crippen LogP contribution in [0.1, 0.15) is 24.5 Å². The van der Waals surface area contributed by atoms with Gasteiger partial charge in [0.25, 0.3) is 0 Å². The van der Waals surface area contributed by atoms with E-state index in [1.807, 2.05) is 18.2 Å².